The average molecular weight is 140 g/mol. The van der Waals surface area contributed by atoms with E-state index in [1.54, 1.807) is 7.11 Å². The van der Waals surface area contributed by atoms with Gasteiger partial charge in [-0.1, -0.05) is 13.0 Å². The van der Waals surface area contributed by atoms with Crippen molar-refractivity contribution in [3.05, 3.63) is 12.2 Å². The van der Waals surface area contributed by atoms with E-state index in [1.807, 2.05) is 6.08 Å². The molecule has 2 bridgehead atoms. The summed E-state index contributed by atoms with van der Waals surface area (Å²) in [6.07, 6.45) is 5.43. The Kier molecular flexibility index (Phi) is 1.17. The number of ether oxygens (including phenoxy) is 2. The molecule has 0 aliphatic carbocycles. The Labute approximate surface area is 60.8 Å². The van der Waals surface area contributed by atoms with Gasteiger partial charge in [-0.05, 0) is 12.0 Å². The van der Waals surface area contributed by atoms with Crippen LogP contribution in [0.2, 0.25) is 0 Å². The molecule has 2 aliphatic heterocycles. The van der Waals surface area contributed by atoms with Gasteiger partial charge in [0, 0.05) is 13.5 Å². The minimum absolute atomic E-state index is 0.306. The second kappa shape index (κ2) is 1.83. The van der Waals surface area contributed by atoms with Gasteiger partial charge in [0.15, 0.2) is 5.79 Å². The summed E-state index contributed by atoms with van der Waals surface area (Å²) in [5, 5.41) is 0. The Hall–Kier alpha value is -0.340. The van der Waals surface area contributed by atoms with E-state index in [1.165, 1.54) is 0 Å². The van der Waals surface area contributed by atoms with Crippen molar-refractivity contribution in [1.82, 2.24) is 0 Å². The van der Waals surface area contributed by atoms with Crippen LogP contribution in [0.3, 0.4) is 0 Å². The maximum absolute atomic E-state index is 5.59. The van der Waals surface area contributed by atoms with Crippen molar-refractivity contribution in [3.63, 3.8) is 0 Å². The predicted molar refractivity (Wildman–Crippen MR) is 37.5 cm³/mol. The van der Waals surface area contributed by atoms with Gasteiger partial charge in [0.1, 0.15) is 0 Å². The van der Waals surface area contributed by atoms with E-state index < -0.39 is 0 Å². The number of hydrogen-bond donors (Lipinski definition) is 0. The highest BCUT2D eigenvalue weighted by Gasteiger charge is 2.46. The first-order valence-corrected chi connectivity index (χ1v) is 3.68. The van der Waals surface area contributed by atoms with Crippen LogP contribution in [0.25, 0.3) is 0 Å². The van der Waals surface area contributed by atoms with Crippen LogP contribution in [0.1, 0.15) is 13.3 Å². The molecule has 2 rings (SSSR count). The number of rotatable bonds is 1. The topological polar surface area (TPSA) is 18.5 Å². The normalized spacial score (nSPS) is 50.6. The van der Waals surface area contributed by atoms with E-state index in [2.05, 4.69) is 13.0 Å². The summed E-state index contributed by atoms with van der Waals surface area (Å²) >= 11 is 0. The summed E-state index contributed by atoms with van der Waals surface area (Å²) in [5.41, 5.74) is 0. The van der Waals surface area contributed by atoms with E-state index in [-0.39, 0.29) is 5.79 Å². The summed E-state index contributed by atoms with van der Waals surface area (Å²) in [6, 6.07) is 0. The van der Waals surface area contributed by atoms with Crippen molar-refractivity contribution in [2.45, 2.75) is 25.2 Å². The summed E-state index contributed by atoms with van der Waals surface area (Å²) in [6.45, 7) is 2.19. The molecule has 0 spiro atoms. The van der Waals surface area contributed by atoms with Crippen LogP contribution in [0, 0.1) is 5.92 Å². The lowest BCUT2D eigenvalue weighted by molar-refractivity contribution is -0.157. The molecule has 56 valence electrons. The fourth-order valence-corrected chi connectivity index (χ4v) is 1.74. The lowest BCUT2D eigenvalue weighted by atomic mass is 9.94. The Morgan fingerprint density at radius 1 is 1.70 bits per heavy atom. The molecule has 0 aromatic heterocycles. The molecular formula is C8H12O2. The van der Waals surface area contributed by atoms with Crippen molar-refractivity contribution in [3.8, 4) is 0 Å². The van der Waals surface area contributed by atoms with E-state index >= 15 is 0 Å². The molecule has 0 N–H and O–H groups in total. The molecule has 0 aromatic carbocycles. The second-order valence-corrected chi connectivity index (χ2v) is 3.14. The quantitative estimate of drug-likeness (QED) is 0.511. The third kappa shape index (κ3) is 0.662. The summed E-state index contributed by atoms with van der Waals surface area (Å²) in [4.78, 5) is 0. The van der Waals surface area contributed by atoms with Gasteiger partial charge >= 0.3 is 0 Å². The van der Waals surface area contributed by atoms with Crippen molar-refractivity contribution in [1.29, 1.82) is 0 Å². The van der Waals surface area contributed by atoms with Gasteiger partial charge in [0.2, 0.25) is 0 Å². The maximum atomic E-state index is 5.59. The number of fused-ring (bicyclic) bond motifs is 2. The van der Waals surface area contributed by atoms with Crippen LogP contribution >= 0.6 is 0 Å². The molecule has 3 atom stereocenters. The van der Waals surface area contributed by atoms with Crippen LogP contribution in [-0.4, -0.2) is 19.0 Å². The first kappa shape index (κ1) is 6.38. The smallest absolute Gasteiger partial charge is 0.188 e. The molecule has 2 nitrogen and oxygen atoms in total. The van der Waals surface area contributed by atoms with E-state index in [0.29, 0.717) is 12.0 Å². The molecule has 0 saturated carbocycles. The minimum Gasteiger partial charge on any atom is -0.350 e. The zero-order chi connectivity index (χ0) is 7.19. The molecule has 2 heterocycles. The first-order chi connectivity index (χ1) is 4.76. The van der Waals surface area contributed by atoms with Crippen molar-refractivity contribution in [2.24, 2.45) is 5.92 Å². The van der Waals surface area contributed by atoms with Crippen LogP contribution in [0.15, 0.2) is 12.2 Å². The van der Waals surface area contributed by atoms with Crippen LogP contribution in [0.4, 0.5) is 0 Å². The largest absolute Gasteiger partial charge is 0.350 e. The molecule has 3 unspecified atom stereocenters. The molecule has 1 saturated heterocycles. The SMILES string of the molecule is COC12C=CC(O1)C(C)C2. The molecular weight excluding hydrogens is 128 g/mol. The minimum atomic E-state index is -0.357. The van der Waals surface area contributed by atoms with Gasteiger partial charge in [0.25, 0.3) is 0 Å². The molecule has 1 fully saturated rings. The highest BCUT2D eigenvalue weighted by Crippen LogP contribution is 2.42. The van der Waals surface area contributed by atoms with Crippen LogP contribution in [0.5, 0.6) is 0 Å². The fourth-order valence-electron chi connectivity index (χ4n) is 1.74. The van der Waals surface area contributed by atoms with Crippen molar-refractivity contribution in [2.75, 3.05) is 7.11 Å². The Balaban J connectivity index is 2.23. The van der Waals surface area contributed by atoms with Gasteiger partial charge in [-0.2, -0.15) is 0 Å². The Morgan fingerprint density at radius 2 is 2.50 bits per heavy atom. The van der Waals surface area contributed by atoms with Crippen LogP contribution in [-0.2, 0) is 9.47 Å². The van der Waals surface area contributed by atoms with Gasteiger partial charge in [-0.3, -0.25) is 0 Å². The maximum Gasteiger partial charge on any atom is 0.188 e. The third-order valence-corrected chi connectivity index (χ3v) is 2.39. The zero-order valence-electron chi connectivity index (χ0n) is 6.33. The van der Waals surface area contributed by atoms with Crippen LogP contribution < -0.4 is 0 Å². The van der Waals surface area contributed by atoms with Gasteiger partial charge in [-0.15, -0.1) is 0 Å². The van der Waals surface area contributed by atoms with Crippen molar-refractivity contribution >= 4 is 0 Å². The third-order valence-electron chi connectivity index (χ3n) is 2.39. The monoisotopic (exact) mass is 140 g/mol. The highest BCUT2D eigenvalue weighted by molar-refractivity contribution is 5.14. The van der Waals surface area contributed by atoms with Gasteiger partial charge < -0.3 is 9.47 Å². The predicted octanol–water partition coefficient (Wildman–Crippen LogP) is 1.32. The average Bonchev–Trinajstić information content (AvgIpc) is 2.45. The van der Waals surface area contributed by atoms with Gasteiger partial charge in [0.05, 0.1) is 6.10 Å². The molecule has 10 heavy (non-hydrogen) atoms. The molecule has 0 radical (unpaired) electrons. The summed E-state index contributed by atoms with van der Waals surface area (Å²) in [5.74, 6) is 0.259. The fraction of sp³-hybridized carbons (Fsp3) is 0.750. The van der Waals surface area contributed by atoms with Crippen molar-refractivity contribution < 1.29 is 9.47 Å². The highest BCUT2D eigenvalue weighted by atomic mass is 16.7. The van der Waals surface area contributed by atoms with Gasteiger partial charge in [-0.25, -0.2) is 0 Å². The molecule has 2 aliphatic rings. The van der Waals surface area contributed by atoms with E-state index in [0.717, 1.165) is 6.42 Å². The summed E-state index contributed by atoms with van der Waals surface area (Å²) < 4.78 is 10.8. The second-order valence-electron chi connectivity index (χ2n) is 3.14. The number of methoxy groups -OCH3 is 1. The molecule has 0 amide bonds. The molecule has 0 aromatic rings. The lowest BCUT2D eigenvalue weighted by Gasteiger charge is -2.20. The lowest BCUT2D eigenvalue weighted by Crippen LogP contribution is -2.25. The zero-order valence-corrected chi connectivity index (χ0v) is 6.33. The van der Waals surface area contributed by atoms with E-state index in [9.17, 15) is 0 Å². The first-order valence-electron chi connectivity index (χ1n) is 3.68. The summed E-state index contributed by atoms with van der Waals surface area (Å²) in [7, 11) is 1.70. The number of hydrogen-bond acceptors (Lipinski definition) is 2. The Morgan fingerprint density at radius 3 is 2.80 bits per heavy atom. The van der Waals surface area contributed by atoms with E-state index in [4.69, 9.17) is 9.47 Å². The standard InChI is InChI=1S/C8H12O2/c1-6-5-8(9-2)4-3-7(6)10-8/h3-4,6-7H,5H2,1-2H3. The Bertz CT molecular complexity index is 176. The molecule has 2 heteroatoms.